The van der Waals surface area contributed by atoms with E-state index >= 15 is 0 Å². The molecule has 8 rings (SSSR count). The van der Waals surface area contributed by atoms with Crippen molar-refractivity contribution in [3.05, 3.63) is 222 Å². The summed E-state index contributed by atoms with van der Waals surface area (Å²) in [6.45, 7) is 0. The van der Waals surface area contributed by atoms with Crippen molar-refractivity contribution < 1.29 is 4.74 Å². The summed E-state index contributed by atoms with van der Waals surface area (Å²) in [4.78, 5) is 0. The predicted octanol–water partition coefficient (Wildman–Crippen LogP) is 13.8. The highest BCUT2D eigenvalue weighted by Gasteiger charge is 2.28. The van der Waals surface area contributed by atoms with Gasteiger partial charge in [-0.05, 0) is 62.2 Å². The minimum atomic E-state index is -0.482. The number of halogens is 1. The van der Waals surface area contributed by atoms with Gasteiger partial charge in [-0.3, -0.25) is 0 Å². The molecule has 0 aliphatic heterocycles. The van der Waals surface area contributed by atoms with Crippen molar-refractivity contribution in [2.45, 2.75) is 6.10 Å². The Labute approximate surface area is 305 Å². The van der Waals surface area contributed by atoms with E-state index in [4.69, 9.17) is 16.3 Å². The third-order valence-electron chi connectivity index (χ3n) is 9.32. The van der Waals surface area contributed by atoms with E-state index in [0.717, 1.165) is 61.4 Å². The first kappa shape index (κ1) is 32.1. The molecule has 51 heavy (non-hydrogen) atoms. The zero-order chi connectivity index (χ0) is 34.4. The molecule has 0 aliphatic rings. The summed E-state index contributed by atoms with van der Waals surface area (Å²) in [5, 5.41) is 0.657. The minimum Gasteiger partial charge on any atom is -0.480 e. The molecule has 0 saturated heterocycles. The molecule has 2 heteroatoms. The van der Waals surface area contributed by atoms with Gasteiger partial charge in [0, 0.05) is 21.7 Å². The Morgan fingerprint density at radius 1 is 0.353 bits per heavy atom. The fraction of sp³-hybridized carbons (Fsp3) is 0.0204. The maximum absolute atomic E-state index is 7.57. The molecule has 1 atom stereocenters. The number of benzene rings is 8. The normalized spacial score (nSPS) is 11.5. The highest BCUT2D eigenvalue weighted by Crippen LogP contribution is 2.52. The highest BCUT2D eigenvalue weighted by molar-refractivity contribution is 6.31. The molecule has 1 nitrogen and oxygen atoms in total. The molecule has 0 aliphatic carbocycles. The van der Waals surface area contributed by atoms with Crippen LogP contribution in [-0.4, -0.2) is 0 Å². The zero-order valence-electron chi connectivity index (χ0n) is 28.0. The number of rotatable bonds is 9. The average Bonchev–Trinajstić information content (AvgIpc) is 3.21. The Morgan fingerprint density at radius 3 is 1.24 bits per heavy atom. The molecular weight excluding hydrogens is 640 g/mol. The van der Waals surface area contributed by atoms with Crippen LogP contribution in [0.5, 0.6) is 5.75 Å². The topological polar surface area (TPSA) is 9.23 Å². The van der Waals surface area contributed by atoms with Crippen LogP contribution in [0, 0.1) is 0 Å². The van der Waals surface area contributed by atoms with E-state index in [2.05, 4.69) is 182 Å². The first-order chi connectivity index (χ1) is 25.2. The fourth-order valence-electron chi connectivity index (χ4n) is 6.85. The maximum Gasteiger partial charge on any atom is 0.150 e. The van der Waals surface area contributed by atoms with Crippen LogP contribution in [-0.2, 0) is 0 Å². The minimum absolute atomic E-state index is 0.482. The predicted molar refractivity (Wildman–Crippen MR) is 214 cm³/mol. The van der Waals surface area contributed by atoms with Crippen LogP contribution in [0.1, 0.15) is 17.2 Å². The van der Waals surface area contributed by atoms with Crippen molar-refractivity contribution >= 4 is 11.6 Å². The van der Waals surface area contributed by atoms with Crippen LogP contribution in [0.2, 0.25) is 5.02 Å². The van der Waals surface area contributed by atoms with Crippen LogP contribution >= 0.6 is 11.6 Å². The van der Waals surface area contributed by atoms with E-state index in [1.807, 2.05) is 24.3 Å². The fourth-order valence-corrected chi connectivity index (χ4v) is 7.08. The summed E-state index contributed by atoms with van der Waals surface area (Å²) >= 11 is 6.99. The van der Waals surface area contributed by atoms with Gasteiger partial charge < -0.3 is 4.74 Å². The molecule has 0 saturated carbocycles. The molecule has 0 N–H and O–H groups in total. The molecule has 0 spiro atoms. The lowest BCUT2D eigenvalue weighted by Crippen LogP contribution is -2.12. The van der Waals surface area contributed by atoms with Crippen LogP contribution in [0.25, 0.3) is 55.6 Å². The molecule has 8 aromatic rings. The molecule has 0 aromatic heterocycles. The van der Waals surface area contributed by atoms with E-state index in [0.29, 0.717) is 5.02 Å². The van der Waals surface area contributed by atoms with E-state index in [9.17, 15) is 0 Å². The SMILES string of the molecule is Clc1ccccc1C(Oc1c(-c2ccccc2)c(-c2ccccc2)cc(-c2ccc(-c3ccccc3)cc2)c1-c1ccccc1)c1ccccc1. The van der Waals surface area contributed by atoms with Gasteiger partial charge in [0.15, 0.2) is 6.10 Å². The average molecular weight is 675 g/mol. The van der Waals surface area contributed by atoms with Crippen molar-refractivity contribution in [3.63, 3.8) is 0 Å². The Bertz CT molecular complexity index is 2350. The van der Waals surface area contributed by atoms with Gasteiger partial charge in [0.25, 0.3) is 0 Å². The van der Waals surface area contributed by atoms with Crippen molar-refractivity contribution in [2.24, 2.45) is 0 Å². The van der Waals surface area contributed by atoms with Gasteiger partial charge in [-0.2, -0.15) is 0 Å². The summed E-state index contributed by atoms with van der Waals surface area (Å²) in [6, 6.07) is 71.9. The zero-order valence-corrected chi connectivity index (χ0v) is 28.7. The second kappa shape index (κ2) is 14.8. The second-order valence-electron chi connectivity index (χ2n) is 12.5. The summed E-state index contributed by atoms with van der Waals surface area (Å²) in [6.07, 6.45) is -0.482. The smallest absolute Gasteiger partial charge is 0.150 e. The number of ether oxygens (including phenoxy) is 1. The number of hydrogen-bond donors (Lipinski definition) is 0. The molecule has 0 heterocycles. The Balaban J connectivity index is 1.47. The first-order valence-electron chi connectivity index (χ1n) is 17.2. The van der Waals surface area contributed by atoms with Gasteiger partial charge >= 0.3 is 0 Å². The van der Waals surface area contributed by atoms with Crippen LogP contribution in [0.15, 0.2) is 206 Å². The first-order valence-corrected chi connectivity index (χ1v) is 17.6. The third kappa shape index (κ3) is 6.73. The van der Waals surface area contributed by atoms with Gasteiger partial charge in [0.05, 0.1) is 0 Å². The van der Waals surface area contributed by atoms with Crippen molar-refractivity contribution in [1.82, 2.24) is 0 Å². The molecule has 244 valence electrons. The molecule has 0 fully saturated rings. The lowest BCUT2D eigenvalue weighted by molar-refractivity contribution is 0.250. The van der Waals surface area contributed by atoms with Gasteiger partial charge in [0.1, 0.15) is 5.75 Å². The molecule has 8 aromatic carbocycles. The van der Waals surface area contributed by atoms with Crippen molar-refractivity contribution in [3.8, 4) is 61.4 Å². The monoisotopic (exact) mass is 674 g/mol. The summed E-state index contributed by atoms with van der Waals surface area (Å²) in [5.74, 6) is 0.796. The lowest BCUT2D eigenvalue weighted by atomic mass is 9.84. The summed E-state index contributed by atoms with van der Waals surface area (Å²) in [7, 11) is 0. The molecule has 0 amide bonds. The molecule has 0 bridgehead atoms. The van der Waals surface area contributed by atoms with Crippen LogP contribution < -0.4 is 4.74 Å². The van der Waals surface area contributed by atoms with E-state index in [-0.39, 0.29) is 0 Å². The lowest BCUT2D eigenvalue weighted by Gasteiger charge is -2.28. The van der Waals surface area contributed by atoms with Gasteiger partial charge in [-0.15, -0.1) is 0 Å². The Kier molecular flexibility index (Phi) is 9.29. The quantitative estimate of drug-likeness (QED) is 0.148. The summed E-state index contributed by atoms with van der Waals surface area (Å²) < 4.78 is 7.57. The second-order valence-corrected chi connectivity index (χ2v) is 12.9. The third-order valence-corrected chi connectivity index (χ3v) is 9.66. The van der Waals surface area contributed by atoms with E-state index < -0.39 is 6.10 Å². The molecular formula is C49H35ClO. The molecule has 1 unspecified atom stereocenters. The van der Waals surface area contributed by atoms with Gasteiger partial charge in [0.2, 0.25) is 0 Å². The highest BCUT2D eigenvalue weighted by atomic mass is 35.5. The molecule has 0 radical (unpaired) electrons. The standard InChI is InChI=1S/C49H35ClO/c50-45-29-17-16-28-42(45)48(41-26-14-5-15-27-41)51-49-46(39-22-10-3-11-23-39)43(37-20-8-2-9-21-37)34-44(47(49)40-24-12-4-13-25-40)38-32-30-36(31-33-38)35-18-6-1-7-19-35/h1-34,48H. The van der Waals surface area contributed by atoms with Crippen LogP contribution in [0.3, 0.4) is 0 Å². The Hall–Kier alpha value is -6.15. The summed E-state index contributed by atoms with van der Waals surface area (Å²) in [5.41, 5.74) is 12.8. The van der Waals surface area contributed by atoms with Crippen molar-refractivity contribution in [1.29, 1.82) is 0 Å². The van der Waals surface area contributed by atoms with E-state index in [1.54, 1.807) is 0 Å². The Morgan fingerprint density at radius 2 is 0.725 bits per heavy atom. The van der Waals surface area contributed by atoms with Gasteiger partial charge in [-0.25, -0.2) is 0 Å². The number of hydrogen-bond acceptors (Lipinski definition) is 1. The van der Waals surface area contributed by atoms with Crippen LogP contribution in [0.4, 0.5) is 0 Å². The van der Waals surface area contributed by atoms with Crippen molar-refractivity contribution in [2.75, 3.05) is 0 Å². The van der Waals surface area contributed by atoms with Gasteiger partial charge in [-0.1, -0.05) is 206 Å². The maximum atomic E-state index is 7.57. The van der Waals surface area contributed by atoms with E-state index in [1.165, 1.54) is 11.1 Å². The largest absolute Gasteiger partial charge is 0.480 e.